The lowest BCUT2D eigenvalue weighted by atomic mass is 10.2. The van der Waals surface area contributed by atoms with E-state index in [0.29, 0.717) is 6.61 Å². The molecule has 0 radical (unpaired) electrons. The van der Waals surface area contributed by atoms with Gasteiger partial charge in [-0.3, -0.25) is 14.4 Å². The zero-order valence-corrected chi connectivity index (χ0v) is 12.0. The first-order chi connectivity index (χ1) is 10.5. The molecule has 0 fully saturated rings. The molecule has 0 saturated heterocycles. The number of rotatable bonds is 9. The summed E-state index contributed by atoms with van der Waals surface area (Å²) in [6.45, 7) is -0.488. The molecule has 0 aromatic heterocycles. The first kappa shape index (κ1) is 17.6. The number of carboxylic acids is 1. The molecule has 1 atom stereocenters. The largest absolute Gasteiger partial charge is 0.480 e. The van der Waals surface area contributed by atoms with Gasteiger partial charge in [0.1, 0.15) is 12.6 Å². The van der Waals surface area contributed by atoms with Gasteiger partial charge in [0.15, 0.2) is 0 Å². The highest BCUT2D eigenvalue weighted by Crippen LogP contribution is 2.00. The Kier molecular flexibility index (Phi) is 7.58. The van der Waals surface area contributed by atoms with E-state index in [1.807, 2.05) is 30.3 Å². The average molecular weight is 309 g/mol. The molecule has 1 rings (SSSR count). The number of nitrogens with one attached hydrogen (secondary N) is 2. The van der Waals surface area contributed by atoms with E-state index in [4.69, 9.17) is 15.6 Å². The van der Waals surface area contributed by atoms with Gasteiger partial charge in [0, 0.05) is 0 Å². The van der Waals surface area contributed by atoms with Crippen LogP contribution in [-0.2, 0) is 25.7 Å². The molecule has 1 aromatic carbocycles. The molecule has 0 aliphatic carbocycles. The maximum absolute atomic E-state index is 11.6. The van der Waals surface area contributed by atoms with Crippen molar-refractivity contribution in [3.8, 4) is 0 Å². The Morgan fingerprint density at radius 2 is 1.82 bits per heavy atom. The summed E-state index contributed by atoms with van der Waals surface area (Å²) in [5.41, 5.74) is 6.59. The molecule has 5 N–H and O–H groups in total. The minimum absolute atomic E-state index is 0.0114. The predicted octanol–water partition coefficient (Wildman–Crippen LogP) is -1.15. The molecule has 8 nitrogen and oxygen atoms in total. The normalized spacial score (nSPS) is 11.5. The van der Waals surface area contributed by atoms with Crippen LogP contribution in [0.15, 0.2) is 30.3 Å². The Hall–Kier alpha value is -2.45. The average Bonchev–Trinajstić information content (AvgIpc) is 2.51. The molecule has 2 amide bonds. The van der Waals surface area contributed by atoms with Gasteiger partial charge in [-0.15, -0.1) is 0 Å². The van der Waals surface area contributed by atoms with Crippen molar-refractivity contribution in [2.24, 2.45) is 5.73 Å². The molecule has 22 heavy (non-hydrogen) atoms. The third kappa shape index (κ3) is 7.36. The van der Waals surface area contributed by atoms with Crippen molar-refractivity contribution >= 4 is 17.8 Å². The molecule has 120 valence electrons. The summed E-state index contributed by atoms with van der Waals surface area (Å²) in [5, 5.41) is 12.8. The SMILES string of the molecule is NC(COCc1ccccc1)C(=O)NCC(=O)NCC(=O)O. The Morgan fingerprint density at radius 1 is 1.14 bits per heavy atom. The van der Waals surface area contributed by atoms with Crippen molar-refractivity contribution < 1.29 is 24.2 Å². The van der Waals surface area contributed by atoms with Crippen LogP contribution >= 0.6 is 0 Å². The molecule has 1 aromatic rings. The van der Waals surface area contributed by atoms with Gasteiger partial charge in [-0.2, -0.15) is 0 Å². The van der Waals surface area contributed by atoms with Crippen LogP contribution in [0.4, 0.5) is 0 Å². The Morgan fingerprint density at radius 3 is 2.45 bits per heavy atom. The molecule has 0 bridgehead atoms. The number of aliphatic carboxylic acids is 1. The van der Waals surface area contributed by atoms with Crippen molar-refractivity contribution in [2.45, 2.75) is 12.6 Å². The Bertz CT molecular complexity index is 506. The van der Waals surface area contributed by atoms with E-state index < -0.39 is 30.4 Å². The second-order valence-corrected chi connectivity index (χ2v) is 4.50. The number of hydrogen-bond donors (Lipinski definition) is 4. The van der Waals surface area contributed by atoms with Crippen molar-refractivity contribution in [3.05, 3.63) is 35.9 Å². The number of carbonyl (C=O) groups is 3. The monoisotopic (exact) mass is 309 g/mol. The Balaban J connectivity index is 2.19. The van der Waals surface area contributed by atoms with Gasteiger partial charge in [-0.05, 0) is 5.56 Å². The van der Waals surface area contributed by atoms with E-state index in [-0.39, 0.29) is 13.2 Å². The van der Waals surface area contributed by atoms with Crippen LogP contribution in [0.1, 0.15) is 5.56 Å². The number of nitrogens with two attached hydrogens (primary N) is 1. The lowest BCUT2D eigenvalue weighted by Crippen LogP contribution is -2.47. The lowest BCUT2D eigenvalue weighted by Gasteiger charge is -2.12. The zero-order chi connectivity index (χ0) is 16.4. The summed E-state index contributed by atoms with van der Waals surface area (Å²) in [4.78, 5) is 33.1. The summed E-state index contributed by atoms with van der Waals surface area (Å²) in [7, 11) is 0. The zero-order valence-electron chi connectivity index (χ0n) is 12.0. The summed E-state index contributed by atoms with van der Waals surface area (Å²) in [5.74, 6) is -2.31. The van der Waals surface area contributed by atoms with Crippen molar-refractivity contribution in [1.82, 2.24) is 10.6 Å². The summed E-state index contributed by atoms with van der Waals surface area (Å²) < 4.78 is 5.32. The molecule has 0 spiro atoms. The fourth-order valence-corrected chi connectivity index (χ4v) is 1.49. The number of amides is 2. The third-order valence-electron chi connectivity index (χ3n) is 2.61. The summed E-state index contributed by atoms with van der Waals surface area (Å²) >= 11 is 0. The van der Waals surface area contributed by atoms with Crippen LogP contribution in [-0.4, -0.2) is 48.6 Å². The highest BCUT2D eigenvalue weighted by atomic mass is 16.5. The van der Waals surface area contributed by atoms with E-state index in [9.17, 15) is 14.4 Å². The maximum Gasteiger partial charge on any atom is 0.322 e. The molecule has 0 aliphatic rings. The van der Waals surface area contributed by atoms with Gasteiger partial charge in [-0.1, -0.05) is 30.3 Å². The van der Waals surface area contributed by atoms with Gasteiger partial charge in [-0.25, -0.2) is 0 Å². The fourth-order valence-electron chi connectivity index (χ4n) is 1.49. The van der Waals surface area contributed by atoms with Gasteiger partial charge < -0.3 is 26.2 Å². The molecule has 8 heteroatoms. The summed E-state index contributed by atoms with van der Waals surface area (Å²) in [6.07, 6.45) is 0. The van der Waals surface area contributed by atoms with Crippen LogP contribution in [0.2, 0.25) is 0 Å². The molecular formula is C14H19N3O5. The van der Waals surface area contributed by atoms with E-state index in [0.717, 1.165) is 5.56 Å². The highest BCUT2D eigenvalue weighted by molar-refractivity contribution is 5.88. The predicted molar refractivity (Wildman–Crippen MR) is 77.7 cm³/mol. The van der Waals surface area contributed by atoms with Gasteiger partial charge in [0.25, 0.3) is 0 Å². The molecular weight excluding hydrogens is 290 g/mol. The van der Waals surface area contributed by atoms with Crippen molar-refractivity contribution in [1.29, 1.82) is 0 Å². The molecule has 1 unspecified atom stereocenters. The fraction of sp³-hybridized carbons (Fsp3) is 0.357. The smallest absolute Gasteiger partial charge is 0.322 e. The lowest BCUT2D eigenvalue weighted by molar-refractivity contribution is -0.137. The second kappa shape index (κ2) is 9.48. The minimum Gasteiger partial charge on any atom is -0.480 e. The van der Waals surface area contributed by atoms with Crippen LogP contribution < -0.4 is 16.4 Å². The van der Waals surface area contributed by atoms with E-state index in [1.165, 1.54) is 0 Å². The maximum atomic E-state index is 11.6. The van der Waals surface area contributed by atoms with Gasteiger partial charge in [0.05, 0.1) is 19.8 Å². The Labute approximate surface area is 127 Å². The topological polar surface area (TPSA) is 131 Å². The van der Waals surface area contributed by atoms with Crippen LogP contribution in [0.5, 0.6) is 0 Å². The standard InChI is InChI=1S/C14H19N3O5/c15-11(9-22-8-10-4-2-1-3-5-10)14(21)17-6-12(18)16-7-13(19)20/h1-5,11H,6-9,15H2,(H,16,18)(H,17,21)(H,19,20). The van der Waals surface area contributed by atoms with Gasteiger partial charge >= 0.3 is 5.97 Å². The number of hydrogen-bond acceptors (Lipinski definition) is 5. The highest BCUT2D eigenvalue weighted by Gasteiger charge is 2.14. The number of ether oxygens (including phenoxy) is 1. The molecule has 0 saturated carbocycles. The molecule has 0 aliphatic heterocycles. The number of benzene rings is 1. The van der Waals surface area contributed by atoms with E-state index in [1.54, 1.807) is 0 Å². The van der Waals surface area contributed by atoms with Crippen LogP contribution in [0, 0.1) is 0 Å². The van der Waals surface area contributed by atoms with E-state index >= 15 is 0 Å². The third-order valence-corrected chi connectivity index (χ3v) is 2.61. The molecule has 0 heterocycles. The van der Waals surface area contributed by atoms with Crippen molar-refractivity contribution in [3.63, 3.8) is 0 Å². The second-order valence-electron chi connectivity index (χ2n) is 4.50. The summed E-state index contributed by atoms with van der Waals surface area (Å²) in [6, 6.07) is 8.51. The first-order valence-electron chi connectivity index (χ1n) is 6.62. The minimum atomic E-state index is -1.16. The number of carboxylic acid groups (broad SMARTS) is 1. The van der Waals surface area contributed by atoms with E-state index in [2.05, 4.69) is 10.6 Å². The first-order valence-corrected chi connectivity index (χ1v) is 6.62. The van der Waals surface area contributed by atoms with Crippen LogP contribution in [0.3, 0.4) is 0 Å². The van der Waals surface area contributed by atoms with Gasteiger partial charge in [0.2, 0.25) is 11.8 Å². The van der Waals surface area contributed by atoms with Crippen LogP contribution in [0.25, 0.3) is 0 Å². The van der Waals surface area contributed by atoms with Crippen molar-refractivity contribution in [2.75, 3.05) is 19.7 Å². The quantitative estimate of drug-likeness (QED) is 0.455. The number of carbonyl (C=O) groups excluding carboxylic acids is 2.